The van der Waals surface area contributed by atoms with Gasteiger partial charge in [0.1, 0.15) is 5.75 Å². The third-order valence-corrected chi connectivity index (χ3v) is 6.20. The van der Waals surface area contributed by atoms with Crippen LogP contribution < -0.4 is 15.4 Å². The smallest absolute Gasteiger partial charge is 0.309 e. The number of aromatic nitrogens is 1. The van der Waals surface area contributed by atoms with E-state index in [-0.39, 0.29) is 12.6 Å². The molecule has 2 heterocycles. The van der Waals surface area contributed by atoms with Gasteiger partial charge < -0.3 is 19.9 Å². The van der Waals surface area contributed by atoms with Crippen molar-refractivity contribution in [1.29, 1.82) is 0 Å². The van der Waals surface area contributed by atoms with Crippen molar-refractivity contribution >= 4 is 11.8 Å². The van der Waals surface area contributed by atoms with Gasteiger partial charge in [-0.2, -0.15) is 0 Å². The Bertz CT molecular complexity index is 1110. The molecular formula is C26H30N4O3. The van der Waals surface area contributed by atoms with E-state index in [0.717, 1.165) is 36.5 Å². The predicted octanol–water partition coefficient (Wildman–Crippen LogP) is 2.57. The first-order valence-electron chi connectivity index (χ1n) is 11.2. The predicted molar refractivity (Wildman–Crippen MR) is 127 cm³/mol. The van der Waals surface area contributed by atoms with Gasteiger partial charge in [0.2, 0.25) is 0 Å². The largest absolute Gasteiger partial charge is 0.497 e. The molecule has 4 rings (SSSR count). The number of amides is 2. The lowest BCUT2D eigenvalue weighted by atomic mass is 9.98. The fourth-order valence-electron chi connectivity index (χ4n) is 4.30. The van der Waals surface area contributed by atoms with Crippen molar-refractivity contribution in [3.63, 3.8) is 0 Å². The van der Waals surface area contributed by atoms with Gasteiger partial charge in [-0.25, -0.2) is 0 Å². The number of benzene rings is 2. The van der Waals surface area contributed by atoms with E-state index in [0.29, 0.717) is 6.54 Å². The van der Waals surface area contributed by atoms with Crippen LogP contribution in [0.1, 0.15) is 28.4 Å². The summed E-state index contributed by atoms with van der Waals surface area (Å²) in [4.78, 5) is 27.3. The first-order chi connectivity index (χ1) is 16.0. The van der Waals surface area contributed by atoms with Gasteiger partial charge >= 0.3 is 11.8 Å². The number of aryl methyl sites for hydroxylation is 1. The van der Waals surface area contributed by atoms with Crippen molar-refractivity contribution in [2.75, 3.05) is 20.2 Å². The summed E-state index contributed by atoms with van der Waals surface area (Å²) in [6, 6.07) is 19.9. The zero-order valence-corrected chi connectivity index (χ0v) is 19.1. The molecule has 1 unspecified atom stereocenters. The fourth-order valence-corrected chi connectivity index (χ4v) is 4.30. The van der Waals surface area contributed by atoms with Crippen molar-refractivity contribution in [2.24, 2.45) is 7.05 Å². The number of ether oxygens (including phenoxy) is 1. The molecule has 1 atom stereocenters. The molecule has 1 aromatic heterocycles. The molecule has 3 aromatic rings. The highest BCUT2D eigenvalue weighted by molar-refractivity contribution is 6.35. The number of hydrogen-bond donors (Lipinski definition) is 2. The number of nitrogens with zero attached hydrogens (tertiary/aromatic N) is 2. The maximum atomic E-state index is 12.5. The maximum absolute atomic E-state index is 12.5. The molecule has 33 heavy (non-hydrogen) atoms. The van der Waals surface area contributed by atoms with Gasteiger partial charge in [-0.1, -0.05) is 36.4 Å². The molecule has 0 bridgehead atoms. The SMILES string of the molecule is COc1ccc(CNC(=O)C(=O)NCC(c2cccn2C)N2CCc3ccccc3C2)cc1. The van der Waals surface area contributed by atoms with E-state index in [1.165, 1.54) is 11.1 Å². The van der Waals surface area contributed by atoms with Crippen LogP contribution in [-0.2, 0) is 36.1 Å². The summed E-state index contributed by atoms with van der Waals surface area (Å²) in [5, 5.41) is 5.54. The Hall–Kier alpha value is -3.58. The Morgan fingerprint density at radius 3 is 2.39 bits per heavy atom. The Labute approximate surface area is 194 Å². The molecule has 2 N–H and O–H groups in total. The van der Waals surface area contributed by atoms with E-state index in [4.69, 9.17) is 4.74 Å². The van der Waals surface area contributed by atoms with Crippen molar-refractivity contribution in [1.82, 2.24) is 20.1 Å². The number of carbonyl (C=O) groups excluding carboxylic acids is 2. The second kappa shape index (κ2) is 10.4. The van der Waals surface area contributed by atoms with Crippen molar-refractivity contribution in [2.45, 2.75) is 25.6 Å². The van der Waals surface area contributed by atoms with Crippen molar-refractivity contribution in [3.05, 3.63) is 89.2 Å². The van der Waals surface area contributed by atoms with Crippen LogP contribution in [0.15, 0.2) is 66.9 Å². The number of carbonyl (C=O) groups is 2. The van der Waals surface area contributed by atoms with Crippen LogP contribution in [0.5, 0.6) is 5.75 Å². The standard InChI is InChI=1S/C26H30N4O3/c1-29-14-5-8-23(29)24(30-15-13-20-6-3-4-7-21(20)18-30)17-28-26(32)25(31)27-16-19-9-11-22(33-2)12-10-19/h3-12,14,24H,13,15-18H2,1-2H3,(H,27,31)(H,28,32). The van der Waals surface area contributed by atoms with Crippen LogP contribution in [0.25, 0.3) is 0 Å². The average Bonchev–Trinajstić information content (AvgIpc) is 3.28. The molecule has 172 valence electrons. The van der Waals surface area contributed by atoms with E-state index in [2.05, 4.69) is 50.4 Å². The third kappa shape index (κ3) is 5.43. The molecule has 1 aliphatic rings. The second-order valence-electron chi connectivity index (χ2n) is 8.29. The minimum absolute atomic E-state index is 0.0308. The summed E-state index contributed by atoms with van der Waals surface area (Å²) < 4.78 is 7.21. The molecule has 0 radical (unpaired) electrons. The van der Waals surface area contributed by atoms with E-state index in [1.54, 1.807) is 7.11 Å². The minimum atomic E-state index is -0.638. The molecule has 0 spiro atoms. The Kier molecular flexibility index (Phi) is 7.10. The number of rotatable bonds is 7. The number of methoxy groups -OCH3 is 1. The van der Waals surface area contributed by atoms with Gasteiger partial charge in [-0.15, -0.1) is 0 Å². The Balaban J connectivity index is 1.38. The molecule has 0 saturated carbocycles. The summed E-state index contributed by atoms with van der Waals surface area (Å²) in [5.74, 6) is -0.518. The van der Waals surface area contributed by atoms with Gasteiger partial charge in [0.05, 0.1) is 13.2 Å². The fraction of sp³-hybridized carbons (Fsp3) is 0.308. The number of hydrogen-bond acceptors (Lipinski definition) is 4. The normalized spacial score (nSPS) is 14.2. The van der Waals surface area contributed by atoms with Gasteiger partial charge in [-0.3, -0.25) is 14.5 Å². The molecular weight excluding hydrogens is 416 g/mol. The lowest BCUT2D eigenvalue weighted by Gasteiger charge is -2.36. The summed E-state index contributed by atoms with van der Waals surface area (Å²) >= 11 is 0. The van der Waals surface area contributed by atoms with Crippen molar-refractivity contribution in [3.8, 4) is 5.75 Å². The Morgan fingerprint density at radius 2 is 1.70 bits per heavy atom. The maximum Gasteiger partial charge on any atom is 0.309 e. The van der Waals surface area contributed by atoms with Gasteiger partial charge in [0.15, 0.2) is 0 Å². The first-order valence-corrected chi connectivity index (χ1v) is 11.2. The number of nitrogens with one attached hydrogen (secondary N) is 2. The molecule has 0 aliphatic carbocycles. The van der Waals surface area contributed by atoms with Gasteiger partial charge in [-0.05, 0) is 47.4 Å². The molecule has 0 fully saturated rings. The molecule has 0 saturated heterocycles. The van der Waals surface area contributed by atoms with Crippen LogP contribution in [0.2, 0.25) is 0 Å². The van der Waals surface area contributed by atoms with Gasteiger partial charge in [0, 0.05) is 45.1 Å². The molecule has 7 nitrogen and oxygen atoms in total. The summed E-state index contributed by atoms with van der Waals surface area (Å²) in [7, 11) is 3.61. The highest BCUT2D eigenvalue weighted by Gasteiger charge is 2.27. The molecule has 2 amide bonds. The molecule has 2 aromatic carbocycles. The monoisotopic (exact) mass is 446 g/mol. The minimum Gasteiger partial charge on any atom is -0.497 e. The third-order valence-electron chi connectivity index (χ3n) is 6.20. The zero-order valence-electron chi connectivity index (χ0n) is 19.1. The van der Waals surface area contributed by atoms with Gasteiger partial charge in [0.25, 0.3) is 0 Å². The van der Waals surface area contributed by atoms with Crippen LogP contribution in [-0.4, -0.2) is 41.5 Å². The summed E-state index contributed by atoms with van der Waals surface area (Å²) in [6.45, 7) is 2.34. The van der Waals surface area contributed by atoms with Crippen LogP contribution in [0.3, 0.4) is 0 Å². The molecule has 1 aliphatic heterocycles. The topological polar surface area (TPSA) is 75.6 Å². The van der Waals surface area contributed by atoms with E-state index in [1.807, 2.05) is 43.6 Å². The average molecular weight is 447 g/mol. The highest BCUT2D eigenvalue weighted by atomic mass is 16.5. The second-order valence-corrected chi connectivity index (χ2v) is 8.29. The highest BCUT2D eigenvalue weighted by Crippen LogP contribution is 2.27. The Morgan fingerprint density at radius 1 is 0.970 bits per heavy atom. The van der Waals surface area contributed by atoms with Crippen LogP contribution >= 0.6 is 0 Å². The zero-order chi connectivity index (χ0) is 23.2. The van der Waals surface area contributed by atoms with E-state index < -0.39 is 11.8 Å². The van der Waals surface area contributed by atoms with E-state index in [9.17, 15) is 9.59 Å². The number of fused-ring (bicyclic) bond motifs is 1. The lowest BCUT2D eigenvalue weighted by Crippen LogP contribution is -2.45. The lowest BCUT2D eigenvalue weighted by molar-refractivity contribution is -0.139. The summed E-state index contributed by atoms with van der Waals surface area (Å²) in [6.07, 6.45) is 2.97. The summed E-state index contributed by atoms with van der Waals surface area (Å²) in [5.41, 5.74) is 4.69. The van der Waals surface area contributed by atoms with Crippen LogP contribution in [0, 0.1) is 0 Å². The molecule has 7 heteroatoms. The van der Waals surface area contributed by atoms with Crippen LogP contribution in [0.4, 0.5) is 0 Å². The quantitative estimate of drug-likeness (QED) is 0.547. The first kappa shape index (κ1) is 22.6. The van der Waals surface area contributed by atoms with Crippen molar-refractivity contribution < 1.29 is 14.3 Å². The van der Waals surface area contributed by atoms with E-state index >= 15 is 0 Å².